The number of para-hydroxylation sites is 1. The smallest absolute Gasteiger partial charge is 0.122 e. The van der Waals surface area contributed by atoms with Gasteiger partial charge in [-0.3, -0.25) is 0 Å². The molecule has 2 aliphatic rings. The van der Waals surface area contributed by atoms with Crippen LogP contribution in [0.4, 0.5) is 0 Å². The average molecular weight is 246 g/mol. The maximum Gasteiger partial charge on any atom is 0.122 e. The summed E-state index contributed by atoms with van der Waals surface area (Å²) in [6.45, 7) is 0.790. The van der Waals surface area contributed by atoms with Gasteiger partial charge in [0.15, 0.2) is 0 Å². The van der Waals surface area contributed by atoms with E-state index >= 15 is 0 Å². The number of hydrogen-bond donors (Lipinski definition) is 1. The summed E-state index contributed by atoms with van der Waals surface area (Å²) in [6, 6.07) is 8.28. The lowest BCUT2D eigenvalue weighted by molar-refractivity contribution is 0.0972. The number of hydrogen-bond acceptors (Lipinski definition) is 2. The Morgan fingerprint density at radius 1 is 1.17 bits per heavy atom. The van der Waals surface area contributed by atoms with Gasteiger partial charge in [0.2, 0.25) is 0 Å². The molecule has 1 N–H and O–H groups in total. The summed E-state index contributed by atoms with van der Waals surface area (Å²) in [4.78, 5) is 0. The summed E-state index contributed by atoms with van der Waals surface area (Å²) >= 11 is 0. The van der Waals surface area contributed by atoms with Gasteiger partial charge in [-0.05, 0) is 42.7 Å². The average Bonchev–Trinajstić information content (AvgIpc) is 2.34. The van der Waals surface area contributed by atoms with E-state index in [1.807, 2.05) is 12.1 Å². The van der Waals surface area contributed by atoms with E-state index in [4.69, 9.17) is 4.74 Å². The van der Waals surface area contributed by atoms with Gasteiger partial charge in [-0.2, -0.15) is 0 Å². The van der Waals surface area contributed by atoms with Gasteiger partial charge in [-0.1, -0.05) is 37.5 Å². The molecule has 2 unspecified atom stereocenters. The number of aliphatic hydroxyl groups excluding tert-OH is 1. The van der Waals surface area contributed by atoms with Crippen molar-refractivity contribution >= 4 is 0 Å². The fourth-order valence-corrected chi connectivity index (χ4v) is 3.20. The predicted molar refractivity (Wildman–Crippen MR) is 71.9 cm³/mol. The van der Waals surface area contributed by atoms with Gasteiger partial charge >= 0.3 is 0 Å². The van der Waals surface area contributed by atoms with Gasteiger partial charge < -0.3 is 9.84 Å². The minimum atomic E-state index is -0.133. The molecule has 1 aromatic rings. The van der Waals surface area contributed by atoms with E-state index in [-0.39, 0.29) is 6.10 Å². The molecule has 0 radical (unpaired) electrons. The summed E-state index contributed by atoms with van der Waals surface area (Å²) < 4.78 is 5.67. The molecule has 0 amide bonds. The maximum atomic E-state index is 10.2. The molecule has 1 aliphatic carbocycles. The molecule has 1 aromatic carbocycles. The normalized spacial score (nSPS) is 24.8. The van der Waals surface area contributed by atoms with E-state index in [2.05, 4.69) is 12.1 Å². The van der Waals surface area contributed by atoms with Gasteiger partial charge in [0.05, 0.1) is 12.7 Å². The van der Waals surface area contributed by atoms with E-state index in [9.17, 15) is 5.11 Å². The lowest BCUT2D eigenvalue weighted by Gasteiger charge is -2.31. The largest absolute Gasteiger partial charge is 0.493 e. The third-order valence-electron chi connectivity index (χ3n) is 4.47. The molecule has 0 aromatic heterocycles. The quantitative estimate of drug-likeness (QED) is 0.881. The van der Waals surface area contributed by atoms with Gasteiger partial charge in [-0.15, -0.1) is 0 Å². The summed E-state index contributed by atoms with van der Waals surface area (Å²) in [5, 5.41) is 10.2. The van der Waals surface area contributed by atoms with Crippen LogP contribution in [0.25, 0.3) is 0 Å². The molecule has 98 valence electrons. The SMILES string of the molecule is OC(CC1CCC1)CC1CCOc2ccccc21. The molecule has 2 nitrogen and oxygen atoms in total. The molecule has 1 heterocycles. The maximum absolute atomic E-state index is 10.2. The van der Waals surface area contributed by atoms with Crippen LogP contribution in [0.5, 0.6) is 5.75 Å². The Morgan fingerprint density at radius 3 is 2.78 bits per heavy atom. The first-order chi connectivity index (χ1) is 8.83. The van der Waals surface area contributed by atoms with Crippen molar-refractivity contribution in [2.75, 3.05) is 6.61 Å². The second kappa shape index (κ2) is 5.31. The fourth-order valence-electron chi connectivity index (χ4n) is 3.20. The van der Waals surface area contributed by atoms with Crippen LogP contribution in [0.15, 0.2) is 24.3 Å². The predicted octanol–water partition coefficient (Wildman–Crippen LogP) is 3.49. The molecule has 3 rings (SSSR count). The first-order valence-electron chi connectivity index (χ1n) is 7.22. The van der Waals surface area contributed by atoms with Crippen molar-refractivity contribution < 1.29 is 9.84 Å². The van der Waals surface area contributed by atoms with Crippen molar-refractivity contribution in [2.24, 2.45) is 5.92 Å². The highest BCUT2D eigenvalue weighted by Gasteiger charge is 2.26. The topological polar surface area (TPSA) is 29.5 Å². The van der Waals surface area contributed by atoms with E-state index < -0.39 is 0 Å². The van der Waals surface area contributed by atoms with Crippen LogP contribution < -0.4 is 4.74 Å². The molecule has 1 aliphatic heterocycles. The minimum Gasteiger partial charge on any atom is -0.493 e. The van der Waals surface area contributed by atoms with Crippen LogP contribution in [0, 0.1) is 5.92 Å². The minimum absolute atomic E-state index is 0.133. The zero-order chi connectivity index (χ0) is 12.4. The van der Waals surface area contributed by atoms with E-state index in [1.165, 1.54) is 24.8 Å². The van der Waals surface area contributed by atoms with Gasteiger partial charge in [0.25, 0.3) is 0 Å². The van der Waals surface area contributed by atoms with Crippen LogP contribution in [0.3, 0.4) is 0 Å². The van der Waals surface area contributed by atoms with Crippen LogP contribution in [0.2, 0.25) is 0 Å². The number of ether oxygens (including phenoxy) is 1. The monoisotopic (exact) mass is 246 g/mol. The fraction of sp³-hybridized carbons (Fsp3) is 0.625. The van der Waals surface area contributed by atoms with Gasteiger partial charge in [0, 0.05) is 0 Å². The van der Waals surface area contributed by atoms with E-state index in [1.54, 1.807) is 0 Å². The van der Waals surface area contributed by atoms with Crippen molar-refractivity contribution in [3.8, 4) is 5.75 Å². The summed E-state index contributed by atoms with van der Waals surface area (Å²) in [5.74, 6) is 2.28. The van der Waals surface area contributed by atoms with Gasteiger partial charge in [0.1, 0.15) is 5.75 Å². The molecular weight excluding hydrogens is 224 g/mol. The summed E-state index contributed by atoms with van der Waals surface area (Å²) in [5.41, 5.74) is 1.29. The van der Waals surface area contributed by atoms with Crippen molar-refractivity contribution in [1.29, 1.82) is 0 Å². The third-order valence-corrected chi connectivity index (χ3v) is 4.47. The molecule has 2 heteroatoms. The Balaban J connectivity index is 1.62. The Bertz CT molecular complexity index is 398. The molecule has 18 heavy (non-hydrogen) atoms. The number of aliphatic hydroxyl groups is 1. The number of rotatable bonds is 4. The molecule has 1 fully saturated rings. The number of fused-ring (bicyclic) bond motifs is 1. The summed E-state index contributed by atoms with van der Waals surface area (Å²) in [6.07, 6.45) is 6.81. The first-order valence-corrected chi connectivity index (χ1v) is 7.22. The Morgan fingerprint density at radius 2 is 2.00 bits per heavy atom. The summed E-state index contributed by atoms with van der Waals surface area (Å²) in [7, 11) is 0. The lowest BCUT2D eigenvalue weighted by atomic mass is 9.79. The number of benzene rings is 1. The first kappa shape index (κ1) is 12.0. The molecule has 0 spiro atoms. The molecule has 0 saturated heterocycles. The van der Waals surface area contributed by atoms with Crippen molar-refractivity contribution in [2.45, 2.75) is 50.5 Å². The standard InChI is InChI=1S/C16H22O2/c17-14(10-12-4-3-5-12)11-13-8-9-18-16-7-2-1-6-15(13)16/h1-2,6-7,12-14,17H,3-5,8-11H2. The van der Waals surface area contributed by atoms with Crippen molar-refractivity contribution in [3.63, 3.8) is 0 Å². The highest BCUT2D eigenvalue weighted by molar-refractivity contribution is 5.37. The Hall–Kier alpha value is -1.02. The zero-order valence-electron chi connectivity index (χ0n) is 10.8. The molecule has 0 bridgehead atoms. The van der Waals surface area contributed by atoms with Crippen LogP contribution in [-0.2, 0) is 0 Å². The molecule has 2 atom stereocenters. The second-order valence-corrected chi connectivity index (χ2v) is 5.79. The zero-order valence-corrected chi connectivity index (χ0v) is 10.8. The van der Waals surface area contributed by atoms with E-state index in [0.717, 1.165) is 37.5 Å². The van der Waals surface area contributed by atoms with Crippen LogP contribution >= 0.6 is 0 Å². The third kappa shape index (κ3) is 2.54. The van der Waals surface area contributed by atoms with Crippen molar-refractivity contribution in [1.82, 2.24) is 0 Å². The molecular formula is C16H22O2. The highest BCUT2D eigenvalue weighted by atomic mass is 16.5. The second-order valence-electron chi connectivity index (χ2n) is 5.79. The lowest BCUT2D eigenvalue weighted by Crippen LogP contribution is -2.23. The van der Waals surface area contributed by atoms with Crippen LogP contribution in [0.1, 0.15) is 50.0 Å². The molecule has 1 saturated carbocycles. The Labute approximate surface area is 109 Å². The van der Waals surface area contributed by atoms with Gasteiger partial charge in [-0.25, -0.2) is 0 Å². The Kier molecular flexibility index (Phi) is 3.55. The highest BCUT2D eigenvalue weighted by Crippen LogP contribution is 2.38. The van der Waals surface area contributed by atoms with E-state index in [0.29, 0.717) is 5.92 Å². The van der Waals surface area contributed by atoms with Crippen molar-refractivity contribution in [3.05, 3.63) is 29.8 Å². The van der Waals surface area contributed by atoms with Crippen LogP contribution in [-0.4, -0.2) is 17.8 Å².